The first-order valence-corrected chi connectivity index (χ1v) is 9.28. The third kappa shape index (κ3) is 50.8. The van der Waals surface area contributed by atoms with Crippen LogP contribution in [0.2, 0.25) is 0 Å². The second-order valence-corrected chi connectivity index (χ2v) is 5.06. The lowest BCUT2D eigenvalue weighted by molar-refractivity contribution is -0.0979. The summed E-state index contributed by atoms with van der Waals surface area (Å²) in [4.78, 5) is 8.00. The van der Waals surface area contributed by atoms with Gasteiger partial charge in [-0.3, -0.25) is 0 Å². The van der Waals surface area contributed by atoms with Crippen LogP contribution in [0.1, 0.15) is 111 Å². The molecule has 0 atom stereocenters. The fraction of sp³-hybridized carbons (Fsp3) is 0.850. The topological polar surface area (TPSA) is 43.1 Å². The van der Waals surface area contributed by atoms with Crippen LogP contribution in [0.3, 0.4) is 0 Å². The molecule has 0 amide bonds. The molecule has 2 N–H and O–H groups in total. The molecule has 0 radical (unpaired) electrons. The number of unbranched alkanes of at least 4 members (excludes halogenated alkanes) is 12. The zero-order valence-corrected chi connectivity index (χ0v) is 16.0. The lowest BCUT2D eigenvalue weighted by Gasteiger charge is -2.01. The molecule has 0 saturated carbocycles. The van der Waals surface area contributed by atoms with Crippen LogP contribution in [0.15, 0.2) is 0 Å². The second-order valence-electron chi connectivity index (χ2n) is 5.06. The van der Waals surface area contributed by atoms with E-state index >= 15 is 0 Å². The number of carbonyl (C=O) groups excluding carboxylic acids is 1. The smallest absolute Gasteiger partial charge is 0.106 e. The van der Waals surface area contributed by atoms with E-state index < -0.39 is 0 Å². The highest BCUT2D eigenvalue weighted by atomic mass is 16.1. The Labute approximate surface area is 141 Å². The van der Waals surface area contributed by atoms with Gasteiger partial charge in [0.15, 0.2) is 0 Å². The van der Waals surface area contributed by atoms with Gasteiger partial charge in [0.2, 0.25) is 0 Å². The van der Waals surface area contributed by atoms with E-state index in [4.69, 9.17) is 4.79 Å². The normalized spacial score (nSPS) is 8.14. The Morgan fingerprint density at radius 1 is 0.682 bits per heavy atom. The number of hydrogen-bond acceptors (Lipinski definition) is 2. The highest BCUT2D eigenvalue weighted by molar-refractivity contribution is 5.10. The van der Waals surface area contributed by atoms with Gasteiger partial charge in [-0.25, -0.2) is 0 Å². The van der Waals surface area contributed by atoms with Crippen molar-refractivity contribution in [2.45, 2.75) is 111 Å². The number of terminal acetylenes is 1. The van der Waals surface area contributed by atoms with Crippen molar-refractivity contribution in [2.24, 2.45) is 5.73 Å². The second kappa shape index (κ2) is 42.7. The largest absolute Gasteiger partial charge is 0.360 e. The molecule has 0 aromatic rings. The molecule has 0 bridgehead atoms. The quantitative estimate of drug-likeness (QED) is 0.255. The standard InChI is InChI=1S/C15H32.C2H3N.C2H6.CH2O/c1-3-5-7-9-11-13-15-14-12-10-8-6-4-2;1-2-3;2*1-2/h3-15H2,1-2H3;1H,3H2;1-2H3;1H2. The van der Waals surface area contributed by atoms with Crippen molar-refractivity contribution in [3.63, 3.8) is 0 Å². The monoisotopic (exact) mass is 313 g/mol. The zero-order chi connectivity index (χ0) is 17.9. The maximum atomic E-state index is 8.00. The summed E-state index contributed by atoms with van der Waals surface area (Å²) in [6, 6.07) is 1.75. The van der Waals surface area contributed by atoms with Crippen LogP contribution in [0.4, 0.5) is 0 Å². The summed E-state index contributed by atoms with van der Waals surface area (Å²) >= 11 is 0. The van der Waals surface area contributed by atoms with E-state index in [1.807, 2.05) is 20.6 Å². The predicted octanol–water partition coefficient (Wildman–Crippen LogP) is 6.47. The molecule has 22 heavy (non-hydrogen) atoms. The third-order valence-corrected chi connectivity index (χ3v) is 3.21. The lowest BCUT2D eigenvalue weighted by atomic mass is 10.1. The van der Waals surface area contributed by atoms with Gasteiger partial charge in [-0.05, 0) is 6.04 Å². The van der Waals surface area contributed by atoms with Crippen LogP contribution in [0.25, 0.3) is 0 Å². The van der Waals surface area contributed by atoms with Crippen LogP contribution >= 0.6 is 0 Å². The summed E-state index contributed by atoms with van der Waals surface area (Å²) < 4.78 is 0. The molecule has 2 nitrogen and oxygen atoms in total. The molecule has 0 fully saturated rings. The van der Waals surface area contributed by atoms with E-state index in [0.29, 0.717) is 0 Å². The molecule has 0 aromatic carbocycles. The average molecular weight is 314 g/mol. The van der Waals surface area contributed by atoms with Gasteiger partial charge in [0, 0.05) is 0 Å². The number of carbonyl (C=O) groups is 1. The molecule has 2 heteroatoms. The van der Waals surface area contributed by atoms with Crippen molar-refractivity contribution >= 4 is 6.79 Å². The fourth-order valence-corrected chi connectivity index (χ4v) is 2.09. The van der Waals surface area contributed by atoms with Gasteiger partial charge in [-0.2, -0.15) is 0 Å². The summed E-state index contributed by atoms with van der Waals surface area (Å²) in [5.74, 6) is 0. The summed E-state index contributed by atoms with van der Waals surface area (Å²) in [6.45, 7) is 10.6. The molecule has 0 unspecified atom stereocenters. The molecule has 0 saturated heterocycles. The Hall–Kier alpha value is -0.970. The fourth-order valence-electron chi connectivity index (χ4n) is 2.09. The van der Waals surface area contributed by atoms with E-state index in [9.17, 15) is 0 Å². The Kier molecular flexibility index (Phi) is 56.5. The Balaban J connectivity index is -0.000000198. The molecule has 0 heterocycles. The van der Waals surface area contributed by atoms with Gasteiger partial charge in [0.25, 0.3) is 0 Å². The molecular formula is C20H43NO. The maximum absolute atomic E-state index is 8.00. The van der Waals surface area contributed by atoms with Gasteiger partial charge < -0.3 is 10.5 Å². The minimum atomic E-state index is 1.37. The van der Waals surface area contributed by atoms with E-state index in [1.54, 1.807) is 6.04 Å². The number of nitrogens with two attached hydrogens (primary N) is 1. The molecule has 0 aliphatic rings. The van der Waals surface area contributed by atoms with E-state index in [0.717, 1.165) is 0 Å². The minimum Gasteiger partial charge on any atom is -0.360 e. The third-order valence-electron chi connectivity index (χ3n) is 3.21. The number of rotatable bonds is 12. The molecule has 0 aromatic heterocycles. The van der Waals surface area contributed by atoms with Crippen molar-refractivity contribution in [3.8, 4) is 12.5 Å². The van der Waals surface area contributed by atoms with Crippen molar-refractivity contribution in [1.29, 1.82) is 0 Å². The molecule has 0 rings (SSSR count). The predicted molar refractivity (Wildman–Crippen MR) is 103 cm³/mol. The van der Waals surface area contributed by atoms with Gasteiger partial charge >= 0.3 is 0 Å². The van der Waals surface area contributed by atoms with Gasteiger partial charge in [0.1, 0.15) is 6.79 Å². The Morgan fingerprint density at radius 3 is 0.955 bits per heavy atom. The highest BCUT2D eigenvalue weighted by Gasteiger charge is 1.92. The molecule has 0 aliphatic carbocycles. The van der Waals surface area contributed by atoms with Crippen molar-refractivity contribution in [3.05, 3.63) is 0 Å². The van der Waals surface area contributed by atoms with Crippen molar-refractivity contribution in [2.75, 3.05) is 0 Å². The lowest BCUT2D eigenvalue weighted by Crippen LogP contribution is -1.82. The van der Waals surface area contributed by atoms with Gasteiger partial charge in [0.05, 0.1) is 0 Å². The van der Waals surface area contributed by atoms with Gasteiger partial charge in [-0.15, -0.1) is 0 Å². The van der Waals surface area contributed by atoms with Crippen LogP contribution < -0.4 is 5.73 Å². The minimum absolute atomic E-state index is 1.37. The Morgan fingerprint density at radius 2 is 0.818 bits per heavy atom. The van der Waals surface area contributed by atoms with Crippen LogP contribution in [0.5, 0.6) is 0 Å². The highest BCUT2D eigenvalue weighted by Crippen LogP contribution is 2.12. The molecule has 0 aliphatic heterocycles. The first-order chi connectivity index (χ1) is 10.8. The van der Waals surface area contributed by atoms with Gasteiger partial charge in [-0.1, -0.05) is 118 Å². The zero-order valence-electron chi connectivity index (χ0n) is 16.0. The maximum Gasteiger partial charge on any atom is 0.106 e. The van der Waals surface area contributed by atoms with Crippen molar-refractivity contribution in [1.82, 2.24) is 0 Å². The van der Waals surface area contributed by atoms with Crippen molar-refractivity contribution < 1.29 is 4.79 Å². The van der Waals surface area contributed by atoms with E-state index in [2.05, 4.69) is 26.0 Å². The van der Waals surface area contributed by atoms with E-state index in [-0.39, 0.29) is 0 Å². The first-order valence-electron chi connectivity index (χ1n) is 9.28. The first kappa shape index (κ1) is 29.1. The SMILES string of the molecule is C#CN.C=O.CC.CCCCCCCCCCCCCCC. The molecule has 134 valence electrons. The van der Waals surface area contributed by atoms with E-state index in [1.165, 1.54) is 83.5 Å². The van der Waals surface area contributed by atoms with Crippen LogP contribution in [-0.4, -0.2) is 6.79 Å². The Bertz CT molecular complexity index is 163. The molecule has 0 spiro atoms. The summed E-state index contributed by atoms with van der Waals surface area (Å²) in [5.41, 5.74) is 4.38. The summed E-state index contributed by atoms with van der Waals surface area (Å²) in [5, 5.41) is 0. The number of hydrogen-bond donors (Lipinski definition) is 1. The summed E-state index contributed by atoms with van der Waals surface area (Å²) in [6.07, 6.45) is 23.3. The van der Waals surface area contributed by atoms with Crippen LogP contribution in [-0.2, 0) is 4.79 Å². The van der Waals surface area contributed by atoms with Crippen LogP contribution in [0, 0.1) is 12.5 Å². The average Bonchev–Trinajstić information content (AvgIpc) is 2.57. The summed E-state index contributed by atoms with van der Waals surface area (Å²) in [7, 11) is 0. The molecular weight excluding hydrogens is 270 g/mol.